The molecule has 2 aliphatic heterocycles. The number of alkyl halides is 3. The molecule has 6 rings (SSSR count). The highest BCUT2D eigenvalue weighted by molar-refractivity contribution is 7.92. The Morgan fingerprint density at radius 2 is 1.52 bits per heavy atom. The second-order valence-corrected chi connectivity index (χ2v) is 17.9. The molecule has 21 nitrogen and oxygen atoms in total. The maximum atomic E-state index is 13.8. The van der Waals surface area contributed by atoms with Gasteiger partial charge >= 0.3 is 6.18 Å². The fraction of sp³-hybridized carbons (Fsp3) is 0.435. The number of benzene rings is 3. The van der Waals surface area contributed by atoms with Gasteiger partial charge in [-0.1, -0.05) is 18.2 Å². The highest BCUT2D eigenvalue weighted by Crippen LogP contribution is 2.35. The van der Waals surface area contributed by atoms with Gasteiger partial charge in [-0.2, -0.15) is 18.2 Å². The van der Waals surface area contributed by atoms with Gasteiger partial charge in [0, 0.05) is 44.9 Å². The Balaban J connectivity index is 0.763. The van der Waals surface area contributed by atoms with Crippen LogP contribution in [0.25, 0.3) is 0 Å². The minimum Gasteiger partial charge on any atom is -0.491 e. The fourth-order valence-corrected chi connectivity index (χ4v) is 7.55. The van der Waals surface area contributed by atoms with E-state index in [1.165, 1.54) is 13.1 Å². The molecule has 0 aliphatic carbocycles. The predicted molar refractivity (Wildman–Crippen MR) is 250 cm³/mol. The van der Waals surface area contributed by atoms with Gasteiger partial charge in [0.2, 0.25) is 27.8 Å². The number of hydrogen-bond acceptors (Lipinski definition) is 18. The third-order valence-electron chi connectivity index (χ3n) is 10.8. The molecule has 0 saturated carbocycles. The highest BCUT2D eigenvalue weighted by Gasteiger charge is 2.46. The molecular formula is C46H55F3N8O13S. The number of anilines is 4. The van der Waals surface area contributed by atoms with Crippen LogP contribution in [-0.2, 0) is 51.3 Å². The first-order chi connectivity index (χ1) is 34.0. The largest absolute Gasteiger partial charge is 0.491 e. The predicted octanol–water partition coefficient (Wildman–Crippen LogP) is 3.47. The number of nitrogens with zero attached hydrogens (tertiary/aromatic N) is 4. The maximum Gasteiger partial charge on any atom is 0.421 e. The molecule has 0 bridgehead atoms. The highest BCUT2D eigenvalue weighted by atomic mass is 32.2. The standard InChI is InChI=1S/C46H55F3N8O13S/c1-56(71(2,63)64)32-6-3-5-30(27-32)28-51-41-35(46(47,48)49)29-52-45(55-41)53-31-9-11-33(12-10-31)69-26-25-68-24-23-67-22-21-66-20-19-65-17-15-38(58)50-16-18-70-37-8-4-7-34-40(37)44(62)57(43(34)61)36-13-14-39(59)54-42(36)60/h3-12,27,29,36,38,50,58H,13-26,28H2,1-2H3,(H,54,59,60)(H2,51,52,53,55). The van der Waals surface area contributed by atoms with Crippen LogP contribution in [-0.4, -0.2) is 150 Å². The Labute approximate surface area is 407 Å². The molecule has 4 aromatic rings. The number of piperidine rings is 1. The SMILES string of the molecule is CN(c1cccc(CNc2nc(Nc3ccc(OCCOCCOCCOCCOCCC(O)NCCOc4cccc5c4C(=O)N(C4CCC(=O)NC4=O)C5=O)cc3)ncc2C(F)(F)F)c1)S(C)(=O)=O. The summed E-state index contributed by atoms with van der Waals surface area (Å²) in [5, 5.41) is 20.9. The van der Waals surface area contributed by atoms with Crippen LogP contribution in [0.15, 0.2) is 72.9 Å². The zero-order valence-corrected chi connectivity index (χ0v) is 39.7. The molecule has 2 atom stereocenters. The van der Waals surface area contributed by atoms with Crippen LogP contribution >= 0.6 is 0 Å². The van der Waals surface area contributed by atoms with Crippen LogP contribution in [0, 0.1) is 0 Å². The number of halogens is 3. The third-order valence-corrected chi connectivity index (χ3v) is 12.0. The van der Waals surface area contributed by atoms with Crippen molar-refractivity contribution in [3.05, 3.63) is 95.2 Å². The van der Waals surface area contributed by atoms with Crippen LogP contribution in [0.1, 0.15) is 51.1 Å². The zero-order valence-electron chi connectivity index (χ0n) is 38.9. The van der Waals surface area contributed by atoms with Crippen molar-refractivity contribution in [1.82, 2.24) is 25.5 Å². The Kier molecular flexibility index (Phi) is 19.4. The van der Waals surface area contributed by atoms with E-state index < -0.39 is 63.5 Å². The van der Waals surface area contributed by atoms with Gasteiger partial charge in [-0.3, -0.25) is 39.0 Å². The van der Waals surface area contributed by atoms with E-state index in [1.807, 2.05) is 0 Å². The van der Waals surface area contributed by atoms with Crippen molar-refractivity contribution in [3.8, 4) is 11.5 Å². The quantitative estimate of drug-likeness (QED) is 0.0296. The molecule has 384 valence electrons. The maximum absolute atomic E-state index is 13.8. The van der Waals surface area contributed by atoms with Gasteiger partial charge in [0.1, 0.15) is 48.4 Å². The second kappa shape index (κ2) is 25.6. The number of carbonyl (C=O) groups excluding carboxylic acids is 4. The van der Waals surface area contributed by atoms with Crippen LogP contribution in [0.2, 0.25) is 0 Å². The lowest BCUT2D eigenvalue weighted by atomic mass is 10.0. The van der Waals surface area contributed by atoms with Crippen molar-refractivity contribution in [3.63, 3.8) is 0 Å². The first kappa shape index (κ1) is 53.9. The molecule has 2 aliphatic rings. The zero-order chi connectivity index (χ0) is 51.0. The topological polar surface area (TPSA) is 258 Å². The van der Waals surface area contributed by atoms with Crippen LogP contribution in [0.4, 0.5) is 36.3 Å². The fourth-order valence-electron chi connectivity index (χ4n) is 7.06. The normalized spacial score (nSPS) is 15.4. The molecule has 1 fully saturated rings. The van der Waals surface area contributed by atoms with E-state index in [2.05, 4.69) is 31.2 Å². The number of hydrogen-bond donors (Lipinski definition) is 5. The van der Waals surface area contributed by atoms with Gasteiger partial charge in [-0.05, 0) is 60.5 Å². The number of ether oxygens (including phenoxy) is 6. The summed E-state index contributed by atoms with van der Waals surface area (Å²) in [5.41, 5.74) is 0.470. The number of fused-ring (bicyclic) bond motifs is 1. The lowest BCUT2D eigenvalue weighted by molar-refractivity contribution is -0.138. The summed E-state index contributed by atoms with van der Waals surface area (Å²) in [7, 11) is -2.16. The molecular weight excluding hydrogens is 962 g/mol. The summed E-state index contributed by atoms with van der Waals surface area (Å²) >= 11 is 0. The number of aliphatic hydroxyl groups excluding tert-OH is 1. The van der Waals surface area contributed by atoms with E-state index in [0.717, 1.165) is 15.5 Å². The molecule has 5 N–H and O–H groups in total. The van der Waals surface area contributed by atoms with Crippen molar-refractivity contribution in [1.29, 1.82) is 0 Å². The number of amides is 4. The van der Waals surface area contributed by atoms with E-state index in [-0.39, 0.29) is 75.0 Å². The van der Waals surface area contributed by atoms with Crippen molar-refractivity contribution in [2.45, 2.75) is 44.3 Å². The molecule has 0 spiro atoms. The van der Waals surface area contributed by atoms with Gasteiger partial charge in [0.25, 0.3) is 11.8 Å². The summed E-state index contributed by atoms with van der Waals surface area (Å²) in [4.78, 5) is 58.9. The Bertz CT molecular complexity index is 2580. The summed E-state index contributed by atoms with van der Waals surface area (Å²) < 4.78 is 99.9. The number of carbonyl (C=O) groups is 4. The number of aromatic nitrogens is 2. The average Bonchev–Trinajstić information content (AvgIpc) is 3.59. The van der Waals surface area contributed by atoms with E-state index in [0.29, 0.717) is 75.1 Å². The number of rotatable bonds is 29. The number of imide groups is 2. The van der Waals surface area contributed by atoms with Crippen LogP contribution < -0.4 is 35.0 Å². The number of sulfonamides is 1. The minimum atomic E-state index is -4.74. The van der Waals surface area contributed by atoms with Crippen molar-refractivity contribution in [2.24, 2.45) is 0 Å². The van der Waals surface area contributed by atoms with E-state index in [9.17, 15) is 45.9 Å². The molecule has 1 aromatic heterocycles. The summed E-state index contributed by atoms with van der Waals surface area (Å²) in [6, 6.07) is 16.5. The smallest absolute Gasteiger partial charge is 0.421 e. The first-order valence-corrected chi connectivity index (χ1v) is 24.2. The van der Waals surface area contributed by atoms with E-state index >= 15 is 0 Å². The lowest BCUT2D eigenvalue weighted by Crippen LogP contribution is -2.54. The summed E-state index contributed by atoms with van der Waals surface area (Å²) in [5.74, 6) is -2.30. The Morgan fingerprint density at radius 1 is 0.859 bits per heavy atom. The van der Waals surface area contributed by atoms with Crippen LogP contribution in [0.3, 0.4) is 0 Å². The monoisotopic (exact) mass is 1020 g/mol. The molecule has 3 heterocycles. The van der Waals surface area contributed by atoms with E-state index in [1.54, 1.807) is 60.7 Å². The molecule has 25 heteroatoms. The van der Waals surface area contributed by atoms with Gasteiger partial charge in [0.05, 0.1) is 75.9 Å². The van der Waals surface area contributed by atoms with Crippen molar-refractivity contribution >= 4 is 56.8 Å². The van der Waals surface area contributed by atoms with Crippen molar-refractivity contribution < 1.29 is 74.3 Å². The average molecular weight is 1020 g/mol. The van der Waals surface area contributed by atoms with Crippen molar-refractivity contribution in [2.75, 3.05) is 101 Å². The van der Waals surface area contributed by atoms with Gasteiger partial charge < -0.3 is 44.2 Å². The van der Waals surface area contributed by atoms with Gasteiger partial charge in [0.15, 0.2) is 0 Å². The van der Waals surface area contributed by atoms with E-state index in [4.69, 9.17) is 28.4 Å². The first-order valence-electron chi connectivity index (χ1n) is 22.4. The molecule has 2 unspecified atom stereocenters. The Morgan fingerprint density at radius 3 is 2.18 bits per heavy atom. The number of nitrogens with one attached hydrogen (secondary N) is 4. The minimum absolute atomic E-state index is 0.0157. The third kappa shape index (κ3) is 15.8. The molecule has 3 aromatic carbocycles. The molecule has 1 saturated heterocycles. The second-order valence-electron chi connectivity index (χ2n) is 15.9. The van der Waals surface area contributed by atoms with Gasteiger partial charge in [-0.15, -0.1) is 0 Å². The lowest BCUT2D eigenvalue weighted by Gasteiger charge is -2.27. The van der Waals surface area contributed by atoms with Crippen LogP contribution in [0.5, 0.6) is 11.5 Å². The molecule has 71 heavy (non-hydrogen) atoms. The number of aliphatic hydroxyl groups is 1. The molecule has 0 radical (unpaired) electrons. The van der Waals surface area contributed by atoms with Gasteiger partial charge in [-0.25, -0.2) is 13.4 Å². The summed E-state index contributed by atoms with van der Waals surface area (Å²) in [6.07, 6.45) is -3.55. The summed E-state index contributed by atoms with van der Waals surface area (Å²) in [6.45, 7) is 2.99. The molecule has 4 amide bonds. The Hall–Kier alpha value is -6.48.